The molecule has 8 heteroatoms. The van der Waals surface area contributed by atoms with Crippen LogP contribution < -0.4 is 4.74 Å². The zero-order chi connectivity index (χ0) is 32.7. The number of hydrogen-bond acceptors (Lipinski definition) is 7. The Morgan fingerprint density at radius 1 is 0.622 bits per heavy atom. The van der Waals surface area contributed by atoms with Crippen molar-refractivity contribution in [2.45, 2.75) is 104 Å². The van der Waals surface area contributed by atoms with E-state index in [1.165, 1.54) is 81.7 Å². The van der Waals surface area contributed by atoms with Crippen LogP contribution in [0.25, 0.3) is 6.08 Å². The van der Waals surface area contributed by atoms with Crippen LogP contribution in [0.15, 0.2) is 54.6 Å². The summed E-state index contributed by atoms with van der Waals surface area (Å²) in [4.78, 5) is 49.4. The molecule has 45 heavy (non-hydrogen) atoms. The lowest BCUT2D eigenvalue weighted by atomic mass is 10.1. The first-order valence-corrected chi connectivity index (χ1v) is 16.5. The molecule has 1 N–H and O–H groups in total. The van der Waals surface area contributed by atoms with Crippen LogP contribution in [0.3, 0.4) is 0 Å². The van der Waals surface area contributed by atoms with Crippen LogP contribution >= 0.6 is 0 Å². The largest absolute Gasteiger partial charge is 0.478 e. The molecule has 0 aliphatic carbocycles. The summed E-state index contributed by atoms with van der Waals surface area (Å²) in [5, 5.41) is 9.01. The molecule has 0 aromatic heterocycles. The van der Waals surface area contributed by atoms with Crippen LogP contribution in [0.2, 0.25) is 0 Å². The second-order valence-corrected chi connectivity index (χ2v) is 11.3. The maximum Gasteiger partial charge on any atom is 0.343 e. The second kappa shape index (κ2) is 22.6. The minimum Gasteiger partial charge on any atom is -0.478 e. The van der Waals surface area contributed by atoms with Gasteiger partial charge >= 0.3 is 23.9 Å². The fourth-order valence-electron chi connectivity index (χ4n) is 4.67. The summed E-state index contributed by atoms with van der Waals surface area (Å²) in [6.45, 7) is 4.89. The fraction of sp³-hybridized carbons (Fsp3) is 0.514. The van der Waals surface area contributed by atoms with Crippen molar-refractivity contribution in [3.63, 3.8) is 0 Å². The van der Waals surface area contributed by atoms with Crippen LogP contribution in [0.1, 0.15) is 130 Å². The highest BCUT2D eigenvalue weighted by molar-refractivity contribution is 5.98. The van der Waals surface area contributed by atoms with E-state index in [2.05, 4.69) is 13.8 Å². The molecule has 2 aromatic rings. The van der Waals surface area contributed by atoms with E-state index in [-0.39, 0.29) is 30.1 Å². The summed E-state index contributed by atoms with van der Waals surface area (Å²) >= 11 is 0. The first-order valence-electron chi connectivity index (χ1n) is 16.5. The minimum atomic E-state index is -1.18. The molecule has 0 saturated carbocycles. The highest BCUT2D eigenvalue weighted by Crippen LogP contribution is 2.17. The van der Waals surface area contributed by atoms with E-state index in [1.807, 2.05) is 0 Å². The Morgan fingerprint density at radius 3 is 1.53 bits per heavy atom. The van der Waals surface area contributed by atoms with Gasteiger partial charge in [-0.05, 0) is 54.8 Å². The standard InChI is InChI=1S/C37H50O8/c1-3-5-7-9-11-13-15-27-43-36(41)33(37(42)44-28-16-14-12-10-8-6-4-2)26-19-29-17-20-31(21-18-29)35(40)45-32-24-22-30(23-25-32)34(38)39/h17-26,33H,3-16,27-28H2,1-2H3,(H,38,39). The number of carbonyl (C=O) groups excluding carboxylic acids is 3. The molecular formula is C37H50O8. The normalized spacial score (nSPS) is 11.1. The second-order valence-electron chi connectivity index (χ2n) is 11.3. The number of carbonyl (C=O) groups is 4. The number of hydrogen-bond donors (Lipinski definition) is 1. The van der Waals surface area contributed by atoms with Crippen molar-refractivity contribution in [1.82, 2.24) is 0 Å². The molecule has 0 spiro atoms. The quantitative estimate of drug-likeness (QED) is 0.0566. The number of esters is 3. The molecule has 0 aliphatic rings. The molecule has 246 valence electrons. The molecule has 0 unspecified atom stereocenters. The van der Waals surface area contributed by atoms with Crippen molar-refractivity contribution in [3.05, 3.63) is 71.3 Å². The van der Waals surface area contributed by atoms with Crippen LogP contribution in [0.5, 0.6) is 5.75 Å². The van der Waals surface area contributed by atoms with Gasteiger partial charge in [-0.25, -0.2) is 9.59 Å². The monoisotopic (exact) mass is 622 g/mol. The smallest absolute Gasteiger partial charge is 0.343 e. The van der Waals surface area contributed by atoms with Crippen LogP contribution in [0, 0.1) is 5.92 Å². The van der Waals surface area contributed by atoms with E-state index in [4.69, 9.17) is 19.3 Å². The molecule has 0 radical (unpaired) electrons. The molecule has 0 saturated heterocycles. The van der Waals surface area contributed by atoms with Gasteiger partial charge in [0.1, 0.15) is 5.75 Å². The number of benzene rings is 2. The Morgan fingerprint density at radius 2 is 1.07 bits per heavy atom. The predicted molar refractivity (Wildman–Crippen MR) is 175 cm³/mol. The first-order chi connectivity index (χ1) is 21.8. The highest BCUT2D eigenvalue weighted by Gasteiger charge is 2.27. The molecule has 0 bridgehead atoms. The molecule has 0 fully saturated rings. The number of unbranched alkanes of at least 4 members (excludes halogenated alkanes) is 12. The van der Waals surface area contributed by atoms with E-state index in [1.54, 1.807) is 30.3 Å². The molecule has 8 nitrogen and oxygen atoms in total. The number of ether oxygens (including phenoxy) is 3. The molecule has 0 amide bonds. The Kier molecular flexibility index (Phi) is 18.7. The van der Waals surface area contributed by atoms with Gasteiger partial charge in [0.2, 0.25) is 0 Å². The SMILES string of the molecule is CCCCCCCCCOC(=O)C(C=Cc1ccc(C(=O)Oc2ccc(C(=O)O)cc2)cc1)C(=O)OCCCCCCCCC. The molecule has 0 atom stereocenters. The number of aromatic carboxylic acids is 1. The summed E-state index contributed by atoms with van der Waals surface area (Å²) in [7, 11) is 0. The van der Waals surface area contributed by atoms with Crippen molar-refractivity contribution in [3.8, 4) is 5.75 Å². The van der Waals surface area contributed by atoms with Gasteiger partial charge in [0.25, 0.3) is 0 Å². The lowest BCUT2D eigenvalue weighted by Gasteiger charge is -2.13. The van der Waals surface area contributed by atoms with E-state index < -0.39 is 29.8 Å². The lowest BCUT2D eigenvalue weighted by molar-refractivity contribution is -0.159. The highest BCUT2D eigenvalue weighted by atomic mass is 16.6. The van der Waals surface area contributed by atoms with Gasteiger partial charge in [0.05, 0.1) is 24.3 Å². The van der Waals surface area contributed by atoms with Crippen LogP contribution in [-0.4, -0.2) is 42.2 Å². The fourth-order valence-corrected chi connectivity index (χ4v) is 4.67. The minimum absolute atomic E-state index is 0.0904. The van der Waals surface area contributed by atoms with Gasteiger partial charge in [0, 0.05) is 0 Å². The zero-order valence-electron chi connectivity index (χ0n) is 27.0. The third-order valence-electron chi connectivity index (χ3n) is 7.43. The maximum absolute atomic E-state index is 12.9. The van der Waals surface area contributed by atoms with Gasteiger partial charge < -0.3 is 19.3 Å². The van der Waals surface area contributed by atoms with Crippen molar-refractivity contribution in [2.75, 3.05) is 13.2 Å². The van der Waals surface area contributed by atoms with Gasteiger partial charge in [0.15, 0.2) is 5.92 Å². The summed E-state index contributed by atoms with van der Waals surface area (Å²) in [5.74, 6) is -3.89. The van der Waals surface area contributed by atoms with E-state index >= 15 is 0 Å². The summed E-state index contributed by atoms with van der Waals surface area (Å²) in [6, 6.07) is 12.0. The van der Waals surface area contributed by atoms with Crippen LogP contribution in [0.4, 0.5) is 0 Å². The average Bonchev–Trinajstić information content (AvgIpc) is 3.04. The third kappa shape index (κ3) is 15.6. The molecule has 0 heterocycles. The Balaban J connectivity index is 1.94. The molecular weight excluding hydrogens is 572 g/mol. The summed E-state index contributed by atoms with van der Waals surface area (Å²) in [6.07, 6.45) is 18.4. The summed E-state index contributed by atoms with van der Waals surface area (Å²) < 4.78 is 16.3. The van der Waals surface area contributed by atoms with Gasteiger partial charge in [-0.3, -0.25) is 9.59 Å². The van der Waals surface area contributed by atoms with Crippen molar-refractivity contribution < 1.29 is 38.5 Å². The average molecular weight is 623 g/mol. The van der Waals surface area contributed by atoms with E-state index in [0.717, 1.165) is 38.5 Å². The topological polar surface area (TPSA) is 116 Å². The number of carboxylic acid groups (broad SMARTS) is 1. The van der Waals surface area contributed by atoms with E-state index in [9.17, 15) is 19.2 Å². The van der Waals surface area contributed by atoms with Gasteiger partial charge in [-0.1, -0.05) is 115 Å². The third-order valence-corrected chi connectivity index (χ3v) is 7.43. The number of carboxylic acids is 1. The Labute approximate surface area is 268 Å². The van der Waals surface area contributed by atoms with Crippen molar-refractivity contribution >= 4 is 30.0 Å². The molecule has 0 aliphatic heterocycles. The predicted octanol–water partition coefficient (Wildman–Crippen LogP) is 8.82. The van der Waals surface area contributed by atoms with Crippen molar-refractivity contribution in [2.24, 2.45) is 5.92 Å². The van der Waals surface area contributed by atoms with Crippen LogP contribution in [-0.2, 0) is 19.1 Å². The summed E-state index contributed by atoms with van der Waals surface area (Å²) in [5.41, 5.74) is 1.05. The molecule has 2 rings (SSSR count). The van der Waals surface area contributed by atoms with Gasteiger partial charge in [-0.2, -0.15) is 0 Å². The zero-order valence-corrected chi connectivity index (χ0v) is 27.0. The Bertz CT molecular complexity index is 1150. The van der Waals surface area contributed by atoms with Crippen molar-refractivity contribution in [1.29, 1.82) is 0 Å². The molecule has 2 aromatic carbocycles. The lowest BCUT2D eigenvalue weighted by Crippen LogP contribution is -2.27. The van der Waals surface area contributed by atoms with Gasteiger partial charge in [-0.15, -0.1) is 0 Å². The first kappa shape index (κ1) is 37.2. The number of rotatable bonds is 23. The van der Waals surface area contributed by atoms with E-state index in [0.29, 0.717) is 5.56 Å². The Hall–Kier alpha value is -3.94. The maximum atomic E-state index is 12.9.